The van der Waals surface area contributed by atoms with Gasteiger partial charge in [-0.1, -0.05) is 36.4 Å². The van der Waals surface area contributed by atoms with E-state index in [1.54, 1.807) is 42.5 Å². The van der Waals surface area contributed by atoms with Crippen LogP contribution in [0.2, 0.25) is 0 Å². The first kappa shape index (κ1) is 24.6. The van der Waals surface area contributed by atoms with Crippen molar-refractivity contribution < 1.29 is 23.4 Å². The van der Waals surface area contributed by atoms with Crippen LogP contribution >= 0.6 is 0 Å². The van der Waals surface area contributed by atoms with Gasteiger partial charge < -0.3 is 10.2 Å². The molecule has 0 bridgehead atoms. The number of pyridine rings is 1. The van der Waals surface area contributed by atoms with Gasteiger partial charge in [-0.05, 0) is 58.7 Å². The lowest BCUT2D eigenvalue weighted by molar-refractivity contribution is -0.131. The van der Waals surface area contributed by atoms with E-state index >= 15 is 0 Å². The van der Waals surface area contributed by atoms with E-state index in [0.29, 0.717) is 21.9 Å². The number of primary sulfonamides is 1. The van der Waals surface area contributed by atoms with Crippen molar-refractivity contribution in [2.75, 3.05) is 0 Å². The van der Waals surface area contributed by atoms with Crippen LogP contribution in [0.4, 0.5) is 0 Å². The fraction of sp³-hybridized carbons (Fsp3) is 0.0385. The molecular formula is C26H21N3O6S. The van der Waals surface area contributed by atoms with Gasteiger partial charge in [-0.3, -0.25) is 14.8 Å². The zero-order valence-corrected chi connectivity index (χ0v) is 19.6. The monoisotopic (exact) mass is 503 g/mol. The van der Waals surface area contributed by atoms with Crippen LogP contribution in [0.3, 0.4) is 0 Å². The first-order valence-corrected chi connectivity index (χ1v) is 12.2. The number of H-pyrrole nitrogens is 1. The molecule has 5 N–H and O–H groups in total. The van der Waals surface area contributed by atoms with Gasteiger partial charge in [-0.2, -0.15) is 0 Å². The van der Waals surface area contributed by atoms with Gasteiger partial charge in [0.1, 0.15) is 0 Å². The van der Waals surface area contributed by atoms with Crippen LogP contribution in [-0.2, 0) is 21.4 Å². The van der Waals surface area contributed by atoms with Crippen LogP contribution in [0.5, 0.6) is 5.88 Å². The Labute approximate surface area is 205 Å². The highest BCUT2D eigenvalue weighted by molar-refractivity contribution is 7.89. The number of carboxylic acid groups (broad SMARTS) is 1. The highest BCUT2D eigenvalue weighted by Crippen LogP contribution is 2.28. The summed E-state index contributed by atoms with van der Waals surface area (Å²) in [5.41, 5.74) is 2.82. The van der Waals surface area contributed by atoms with Crippen molar-refractivity contribution in [2.45, 2.75) is 11.4 Å². The molecule has 0 amide bonds. The average Bonchev–Trinajstić information content (AvgIpc) is 2.84. The number of aromatic nitrogens is 1. The van der Waals surface area contributed by atoms with E-state index in [1.807, 2.05) is 12.1 Å². The quantitative estimate of drug-likeness (QED) is 0.223. The Balaban J connectivity index is 1.70. The molecule has 0 unspecified atom stereocenters. The number of rotatable bonds is 7. The highest BCUT2D eigenvalue weighted by atomic mass is 32.2. The molecule has 182 valence electrons. The van der Waals surface area contributed by atoms with Gasteiger partial charge >= 0.3 is 5.97 Å². The predicted molar refractivity (Wildman–Crippen MR) is 137 cm³/mol. The third-order valence-electron chi connectivity index (χ3n) is 5.43. The molecule has 0 aliphatic carbocycles. The van der Waals surface area contributed by atoms with Gasteiger partial charge in [0.15, 0.2) is 0 Å². The number of nitrogens with one attached hydrogen (secondary N) is 1. The normalized spacial score (nSPS) is 12.0. The number of hydrogen-bond acceptors (Lipinski definition) is 6. The van der Waals surface area contributed by atoms with E-state index in [9.17, 15) is 23.1 Å². The molecule has 4 rings (SSSR count). The molecule has 0 spiro atoms. The van der Waals surface area contributed by atoms with Crippen LogP contribution in [0.15, 0.2) is 87.5 Å². The number of aliphatic carboxylic acids is 1. The van der Waals surface area contributed by atoms with Gasteiger partial charge in [-0.15, -0.1) is 0 Å². The van der Waals surface area contributed by atoms with Gasteiger partial charge in [0, 0.05) is 23.1 Å². The Kier molecular flexibility index (Phi) is 6.82. The van der Waals surface area contributed by atoms with Crippen LogP contribution in [0, 0.1) is 0 Å². The summed E-state index contributed by atoms with van der Waals surface area (Å²) in [5, 5.41) is 25.3. The maximum absolute atomic E-state index is 12.4. The number of aromatic amines is 1. The molecule has 9 nitrogen and oxygen atoms in total. The number of benzene rings is 3. The third-order valence-corrected chi connectivity index (χ3v) is 6.36. The van der Waals surface area contributed by atoms with E-state index in [-0.39, 0.29) is 17.3 Å². The van der Waals surface area contributed by atoms with Crippen molar-refractivity contribution in [3.63, 3.8) is 0 Å². The molecule has 0 fully saturated rings. The number of hydrogen-bond donors (Lipinski definition) is 4. The summed E-state index contributed by atoms with van der Waals surface area (Å²) >= 11 is 0. The zero-order chi connectivity index (χ0) is 25.9. The summed E-state index contributed by atoms with van der Waals surface area (Å²) in [4.78, 5) is 30.0. The van der Waals surface area contributed by atoms with Crippen LogP contribution in [0.1, 0.15) is 16.7 Å². The number of nitrogens with two attached hydrogens (primary N) is 1. The van der Waals surface area contributed by atoms with E-state index in [4.69, 9.17) is 10.2 Å². The number of carbonyl (C=O) groups is 1. The molecule has 0 aliphatic rings. The Morgan fingerprint density at radius 1 is 1.00 bits per heavy atom. The van der Waals surface area contributed by atoms with Crippen LogP contribution in [-0.4, -0.2) is 35.8 Å². The number of sulfonamides is 1. The van der Waals surface area contributed by atoms with E-state index in [0.717, 1.165) is 22.8 Å². The van der Waals surface area contributed by atoms with Gasteiger partial charge in [0.2, 0.25) is 15.9 Å². The molecule has 0 saturated heterocycles. The van der Waals surface area contributed by atoms with E-state index < -0.39 is 21.6 Å². The summed E-state index contributed by atoms with van der Waals surface area (Å²) in [5.74, 6) is -1.39. The Bertz CT molecular complexity index is 1690. The van der Waals surface area contributed by atoms with Crippen molar-refractivity contribution in [3.05, 3.63) is 99.9 Å². The largest absolute Gasteiger partial charge is 0.494 e. The first-order chi connectivity index (χ1) is 17.1. The molecule has 0 atom stereocenters. The summed E-state index contributed by atoms with van der Waals surface area (Å²) < 4.78 is 22.8. The lowest BCUT2D eigenvalue weighted by atomic mass is 9.98. The number of fused-ring (bicyclic) bond motifs is 1. The minimum Gasteiger partial charge on any atom is -0.494 e. The first-order valence-electron chi connectivity index (χ1n) is 10.6. The molecule has 1 heterocycles. The van der Waals surface area contributed by atoms with Crippen molar-refractivity contribution in [2.24, 2.45) is 10.1 Å². The molecule has 1 aromatic heterocycles. The lowest BCUT2D eigenvalue weighted by Crippen LogP contribution is -2.11. The highest BCUT2D eigenvalue weighted by Gasteiger charge is 2.11. The SMILES string of the molecule is NS(=O)(=O)c1ccc(CN=Cc2c(O)[nH]c(=O)c3ccc(-c4cccc(/C=C/C(=O)O)c4)cc23)cc1. The molecule has 3 aromatic carbocycles. The molecule has 0 aliphatic heterocycles. The number of aromatic hydroxyl groups is 1. The molecule has 0 saturated carbocycles. The number of nitrogens with zero attached hydrogens (tertiary/aromatic N) is 1. The van der Waals surface area contributed by atoms with Crippen molar-refractivity contribution in [1.29, 1.82) is 0 Å². The number of carboxylic acids is 1. The minimum atomic E-state index is -3.79. The van der Waals surface area contributed by atoms with Crippen molar-refractivity contribution >= 4 is 39.1 Å². The summed E-state index contributed by atoms with van der Waals surface area (Å²) in [6.07, 6.45) is 3.97. The molecular weight excluding hydrogens is 482 g/mol. The Morgan fingerprint density at radius 3 is 2.42 bits per heavy atom. The Morgan fingerprint density at radius 2 is 1.72 bits per heavy atom. The van der Waals surface area contributed by atoms with Gasteiger partial charge in [0.25, 0.3) is 5.56 Å². The Hall–Kier alpha value is -4.54. The van der Waals surface area contributed by atoms with Crippen LogP contribution in [0.25, 0.3) is 28.0 Å². The zero-order valence-electron chi connectivity index (χ0n) is 18.8. The molecule has 0 radical (unpaired) electrons. The second-order valence-corrected chi connectivity index (χ2v) is 9.49. The molecule has 10 heteroatoms. The van der Waals surface area contributed by atoms with E-state index in [1.165, 1.54) is 24.4 Å². The standard InChI is InChI=1S/C26H21N3O6S/c27-36(34,35)20-8-4-17(5-9-20)14-28-15-23-22-13-19(7-10-21(22)25(32)29-26(23)33)18-3-1-2-16(12-18)6-11-24(30)31/h1-13,15H,14H2,(H,30,31)(H2,27,34,35)(H2,29,32,33)/b11-6+,28-15?. The minimum absolute atomic E-state index is 0.00504. The summed E-state index contributed by atoms with van der Waals surface area (Å²) in [7, 11) is -3.79. The van der Waals surface area contributed by atoms with Gasteiger partial charge in [-0.25, -0.2) is 18.4 Å². The fourth-order valence-electron chi connectivity index (χ4n) is 3.66. The average molecular weight is 504 g/mol. The van der Waals surface area contributed by atoms with Crippen LogP contribution < -0.4 is 10.7 Å². The summed E-state index contributed by atoms with van der Waals surface area (Å²) in [6.45, 7) is 0.197. The second-order valence-electron chi connectivity index (χ2n) is 7.93. The van der Waals surface area contributed by atoms with Crippen molar-refractivity contribution in [1.82, 2.24) is 4.98 Å². The topological polar surface area (TPSA) is 163 Å². The smallest absolute Gasteiger partial charge is 0.328 e. The maximum atomic E-state index is 12.4. The lowest BCUT2D eigenvalue weighted by Gasteiger charge is -2.09. The fourth-order valence-corrected chi connectivity index (χ4v) is 4.18. The molecule has 36 heavy (non-hydrogen) atoms. The number of aliphatic imine (C=N–C) groups is 1. The second kappa shape index (κ2) is 9.98. The molecule has 4 aromatic rings. The summed E-state index contributed by atoms with van der Waals surface area (Å²) in [6, 6.07) is 18.4. The predicted octanol–water partition coefficient (Wildman–Crippen LogP) is 3.27. The van der Waals surface area contributed by atoms with E-state index in [2.05, 4.69) is 9.98 Å². The van der Waals surface area contributed by atoms with Gasteiger partial charge in [0.05, 0.1) is 17.0 Å². The van der Waals surface area contributed by atoms with Crippen molar-refractivity contribution in [3.8, 4) is 17.0 Å². The maximum Gasteiger partial charge on any atom is 0.328 e. The third kappa shape index (κ3) is 5.57.